The van der Waals surface area contributed by atoms with Gasteiger partial charge >= 0.3 is 0 Å². The van der Waals surface area contributed by atoms with Gasteiger partial charge in [0.25, 0.3) is 5.91 Å². The molecule has 5 nitrogen and oxygen atoms in total. The third kappa shape index (κ3) is 3.28. The summed E-state index contributed by atoms with van der Waals surface area (Å²) in [5.74, 6) is 0.872. The number of rotatable bonds is 3. The third-order valence-corrected chi connectivity index (χ3v) is 5.87. The van der Waals surface area contributed by atoms with Crippen molar-refractivity contribution in [2.75, 3.05) is 19.4 Å². The lowest BCUT2D eigenvalue weighted by Crippen LogP contribution is -2.33. The number of aryl methyl sites for hydroxylation is 1. The number of anilines is 1. The van der Waals surface area contributed by atoms with Gasteiger partial charge in [-0.1, -0.05) is 24.3 Å². The Morgan fingerprint density at radius 2 is 1.97 bits per heavy atom. The summed E-state index contributed by atoms with van der Waals surface area (Å²) >= 11 is 0. The molecule has 1 aliphatic rings. The lowest BCUT2D eigenvalue weighted by molar-refractivity contribution is 0.102. The van der Waals surface area contributed by atoms with Crippen LogP contribution in [0, 0.1) is 0 Å². The van der Waals surface area contributed by atoms with E-state index in [4.69, 9.17) is 4.42 Å². The maximum absolute atomic E-state index is 12.8. The lowest BCUT2D eigenvalue weighted by Gasteiger charge is -2.27. The van der Waals surface area contributed by atoms with Crippen molar-refractivity contribution in [3.05, 3.63) is 71.7 Å². The first kappa shape index (κ1) is 17.9. The minimum Gasteiger partial charge on any atom is -0.461 e. The second kappa shape index (κ2) is 7.01. The second-order valence-corrected chi connectivity index (χ2v) is 7.95. The Balaban J connectivity index is 1.44. The number of furan rings is 1. The van der Waals surface area contributed by atoms with Gasteiger partial charge in [0.15, 0.2) is 0 Å². The molecular weight excluding hydrogens is 362 g/mol. The van der Waals surface area contributed by atoms with E-state index in [1.807, 2.05) is 48.5 Å². The monoisotopic (exact) mass is 385 g/mol. The molecular formula is C24H23N3O2. The van der Waals surface area contributed by atoms with Crippen LogP contribution >= 0.6 is 0 Å². The fourth-order valence-corrected chi connectivity index (χ4v) is 4.18. The molecule has 5 rings (SSSR count). The minimum absolute atomic E-state index is 0.210. The van der Waals surface area contributed by atoms with Crippen molar-refractivity contribution in [3.8, 4) is 0 Å². The summed E-state index contributed by atoms with van der Waals surface area (Å²) in [5.41, 5.74) is 3.32. The molecule has 5 heteroatoms. The molecule has 4 aromatic rings. The average molecular weight is 385 g/mol. The number of likely N-dealkylation sites (N-methyl/N-ethyl adjacent to an activating group) is 1. The lowest BCUT2D eigenvalue weighted by atomic mass is 9.91. The summed E-state index contributed by atoms with van der Waals surface area (Å²) < 4.78 is 6.07. The van der Waals surface area contributed by atoms with Crippen LogP contribution in [-0.4, -0.2) is 35.9 Å². The van der Waals surface area contributed by atoms with Gasteiger partial charge in [0.05, 0.1) is 0 Å². The molecule has 0 radical (unpaired) electrons. The van der Waals surface area contributed by atoms with Gasteiger partial charge in [-0.15, -0.1) is 0 Å². The number of carbonyl (C=O) groups is 1. The number of benzene rings is 2. The molecule has 1 amide bonds. The Hall–Kier alpha value is -3.18. The van der Waals surface area contributed by atoms with Crippen LogP contribution in [-0.2, 0) is 12.8 Å². The molecule has 0 fully saturated rings. The number of fused-ring (bicyclic) bond motifs is 4. The maximum atomic E-state index is 12.8. The van der Waals surface area contributed by atoms with Crippen LogP contribution in [0.2, 0.25) is 0 Å². The van der Waals surface area contributed by atoms with Crippen LogP contribution in [0.15, 0.2) is 59.1 Å². The van der Waals surface area contributed by atoms with E-state index >= 15 is 0 Å². The van der Waals surface area contributed by atoms with Crippen LogP contribution in [0.5, 0.6) is 0 Å². The number of hydrogen-bond acceptors (Lipinski definition) is 4. The summed E-state index contributed by atoms with van der Waals surface area (Å²) in [4.78, 5) is 19.4. The van der Waals surface area contributed by atoms with E-state index < -0.39 is 0 Å². The average Bonchev–Trinajstić information content (AvgIpc) is 3.10. The van der Waals surface area contributed by atoms with Gasteiger partial charge < -0.3 is 14.6 Å². The smallest absolute Gasteiger partial charge is 0.274 e. The minimum atomic E-state index is -0.210. The largest absolute Gasteiger partial charge is 0.461 e. The Morgan fingerprint density at radius 1 is 1.14 bits per heavy atom. The van der Waals surface area contributed by atoms with Gasteiger partial charge in [0, 0.05) is 40.7 Å². The van der Waals surface area contributed by atoms with Crippen molar-refractivity contribution in [3.63, 3.8) is 0 Å². The first-order valence-corrected chi connectivity index (χ1v) is 9.95. The predicted octanol–water partition coefficient (Wildman–Crippen LogP) is 4.65. The molecule has 1 N–H and O–H groups in total. The third-order valence-electron chi connectivity index (χ3n) is 5.87. The number of nitrogens with zero attached hydrogens (tertiary/aromatic N) is 2. The number of aromatic nitrogens is 1. The van der Waals surface area contributed by atoms with Gasteiger partial charge in [-0.2, -0.15) is 0 Å². The number of carbonyl (C=O) groups excluding carboxylic acids is 1. The highest BCUT2D eigenvalue weighted by atomic mass is 16.3. The second-order valence-electron chi connectivity index (χ2n) is 7.95. The quantitative estimate of drug-likeness (QED) is 0.558. The standard InChI is InChI=1S/C24H23N3O2/c1-27(2)18-8-10-23-20(13-18)19-12-17(7-9-22(19)29-23)26-24(28)21-11-15-5-3-4-6-16(15)14-25-21/h3-7,9,11-12,14,18H,8,10,13H2,1-2H3,(H,26,28). The van der Waals surface area contributed by atoms with Crippen LogP contribution in [0.4, 0.5) is 5.69 Å². The van der Waals surface area contributed by atoms with E-state index in [1.54, 1.807) is 6.20 Å². The van der Waals surface area contributed by atoms with Gasteiger partial charge in [0.1, 0.15) is 17.0 Å². The molecule has 0 aliphatic heterocycles. The SMILES string of the molecule is CN(C)C1CCc2oc3ccc(NC(=O)c4cc5ccccc5cn4)cc3c2C1. The number of hydrogen-bond donors (Lipinski definition) is 1. The molecule has 0 bridgehead atoms. The van der Waals surface area contributed by atoms with E-state index in [9.17, 15) is 4.79 Å². The Labute approximate surface area is 169 Å². The van der Waals surface area contributed by atoms with Crippen LogP contribution in [0.25, 0.3) is 21.7 Å². The summed E-state index contributed by atoms with van der Waals surface area (Å²) in [6.07, 6.45) is 4.77. The highest BCUT2D eigenvalue weighted by Gasteiger charge is 2.25. The zero-order valence-corrected chi connectivity index (χ0v) is 16.6. The van der Waals surface area contributed by atoms with Gasteiger partial charge in [0.2, 0.25) is 0 Å². The molecule has 1 unspecified atom stereocenters. The summed E-state index contributed by atoms with van der Waals surface area (Å²) in [5, 5.41) is 6.11. The number of nitrogens with one attached hydrogen (secondary N) is 1. The number of pyridine rings is 1. The maximum Gasteiger partial charge on any atom is 0.274 e. The van der Waals surface area contributed by atoms with Crippen molar-refractivity contribution in [1.29, 1.82) is 0 Å². The molecule has 1 atom stereocenters. The molecule has 146 valence electrons. The van der Waals surface area contributed by atoms with Crippen molar-refractivity contribution in [2.24, 2.45) is 0 Å². The van der Waals surface area contributed by atoms with E-state index in [-0.39, 0.29) is 5.91 Å². The van der Waals surface area contributed by atoms with E-state index in [1.165, 1.54) is 5.56 Å². The van der Waals surface area contributed by atoms with Crippen molar-refractivity contribution in [1.82, 2.24) is 9.88 Å². The number of amides is 1. The highest BCUT2D eigenvalue weighted by molar-refractivity contribution is 6.05. The fraction of sp³-hybridized carbons (Fsp3) is 0.250. The Kier molecular flexibility index (Phi) is 4.32. The molecule has 2 aromatic heterocycles. The van der Waals surface area contributed by atoms with Crippen molar-refractivity contribution >= 4 is 33.3 Å². The van der Waals surface area contributed by atoms with Gasteiger partial charge in [-0.3, -0.25) is 9.78 Å². The van der Waals surface area contributed by atoms with E-state index in [2.05, 4.69) is 29.3 Å². The first-order valence-electron chi connectivity index (χ1n) is 9.95. The van der Waals surface area contributed by atoms with Gasteiger partial charge in [-0.25, -0.2) is 0 Å². The van der Waals surface area contributed by atoms with Crippen LogP contribution < -0.4 is 5.32 Å². The predicted molar refractivity (Wildman–Crippen MR) is 115 cm³/mol. The summed E-state index contributed by atoms with van der Waals surface area (Å²) in [7, 11) is 4.25. The Bertz CT molecular complexity index is 1230. The van der Waals surface area contributed by atoms with E-state index in [0.717, 1.165) is 52.5 Å². The van der Waals surface area contributed by atoms with Crippen LogP contribution in [0.1, 0.15) is 28.2 Å². The normalized spacial score (nSPS) is 16.3. The molecule has 0 saturated carbocycles. The molecule has 2 heterocycles. The van der Waals surface area contributed by atoms with Gasteiger partial charge in [-0.05, 0) is 56.6 Å². The topological polar surface area (TPSA) is 58.4 Å². The summed E-state index contributed by atoms with van der Waals surface area (Å²) in [6.45, 7) is 0. The molecule has 0 saturated heterocycles. The molecule has 0 spiro atoms. The summed E-state index contributed by atoms with van der Waals surface area (Å²) in [6, 6.07) is 16.1. The zero-order valence-electron chi connectivity index (χ0n) is 16.6. The van der Waals surface area contributed by atoms with Crippen molar-refractivity contribution in [2.45, 2.75) is 25.3 Å². The van der Waals surface area contributed by atoms with Crippen molar-refractivity contribution < 1.29 is 9.21 Å². The first-order chi connectivity index (χ1) is 14.1. The fourth-order valence-electron chi connectivity index (χ4n) is 4.18. The molecule has 1 aliphatic carbocycles. The van der Waals surface area contributed by atoms with E-state index in [0.29, 0.717) is 11.7 Å². The molecule has 29 heavy (non-hydrogen) atoms. The zero-order chi connectivity index (χ0) is 20.0. The highest BCUT2D eigenvalue weighted by Crippen LogP contribution is 2.34. The molecule has 2 aromatic carbocycles. The van der Waals surface area contributed by atoms with Crippen LogP contribution in [0.3, 0.4) is 0 Å². The Morgan fingerprint density at radius 3 is 2.79 bits per heavy atom.